The van der Waals surface area contributed by atoms with Crippen molar-refractivity contribution >= 4 is 17.3 Å². The Balaban J connectivity index is 1.37. The number of hydrogen-bond donors (Lipinski definition) is 2. The third kappa shape index (κ3) is 5.33. The van der Waals surface area contributed by atoms with Gasteiger partial charge in [0.05, 0.1) is 0 Å². The normalized spacial score (nSPS) is 13.9. The summed E-state index contributed by atoms with van der Waals surface area (Å²) in [4.78, 5) is 14.4. The fraction of sp³-hybridized carbons (Fsp3) is 0.381. The van der Waals surface area contributed by atoms with Gasteiger partial charge in [0.15, 0.2) is 0 Å². The van der Waals surface area contributed by atoms with Crippen molar-refractivity contribution in [3.05, 3.63) is 59.7 Å². The van der Waals surface area contributed by atoms with E-state index in [9.17, 15) is 4.79 Å². The second-order valence-corrected chi connectivity index (χ2v) is 6.70. The predicted octanol–water partition coefficient (Wildman–Crippen LogP) is 3.71. The first-order chi connectivity index (χ1) is 12.2. The number of carbonyl (C=O) groups excluding carboxylic acids is 1. The lowest BCUT2D eigenvalue weighted by atomic mass is 10.1. The molecule has 2 aromatic rings. The number of carbonyl (C=O) groups is 1. The molecule has 1 aliphatic rings. The zero-order valence-corrected chi connectivity index (χ0v) is 14.9. The van der Waals surface area contributed by atoms with Gasteiger partial charge in [-0.2, -0.15) is 0 Å². The van der Waals surface area contributed by atoms with Gasteiger partial charge in [-0.1, -0.05) is 29.8 Å². The minimum Gasteiger partial charge on any atom is -0.372 e. The lowest BCUT2D eigenvalue weighted by molar-refractivity contribution is -0.116. The van der Waals surface area contributed by atoms with E-state index in [-0.39, 0.29) is 5.91 Å². The largest absolute Gasteiger partial charge is 0.372 e. The summed E-state index contributed by atoms with van der Waals surface area (Å²) < 4.78 is 0. The van der Waals surface area contributed by atoms with Gasteiger partial charge in [0.1, 0.15) is 0 Å². The molecule has 0 atom stereocenters. The summed E-state index contributed by atoms with van der Waals surface area (Å²) in [5, 5.41) is 6.28. The molecule has 132 valence electrons. The average Bonchev–Trinajstić information content (AvgIpc) is 3.15. The van der Waals surface area contributed by atoms with E-state index in [1.165, 1.54) is 29.7 Å². The summed E-state index contributed by atoms with van der Waals surface area (Å²) in [5.41, 5.74) is 4.61. The molecule has 25 heavy (non-hydrogen) atoms. The second-order valence-electron chi connectivity index (χ2n) is 6.70. The van der Waals surface area contributed by atoms with Gasteiger partial charge in [0.25, 0.3) is 0 Å². The van der Waals surface area contributed by atoms with E-state index in [0.29, 0.717) is 13.0 Å². The maximum Gasteiger partial charge on any atom is 0.225 e. The van der Waals surface area contributed by atoms with Crippen LogP contribution in [0.3, 0.4) is 0 Å². The molecular weight excluding hydrogens is 310 g/mol. The van der Waals surface area contributed by atoms with Crippen molar-refractivity contribution in [2.24, 2.45) is 0 Å². The number of nitrogens with zero attached hydrogens (tertiary/aromatic N) is 1. The summed E-state index contributed by atoms with van der Waals surface area (Å²) in [5.74, 6) is 0.0466. The van der Waals surface area contributed by atoms with E-state index < -0.39 is 0 Å². The van der Waals surface area contributed by atoms with Crippen LogP contribution in [-0.2, 0) is 11.3 Å². The molecule has 2 N–H and O–H groups in total. The molecule has 0 radical (unpaired) electrons. The molecule has 0 aliphatic carbocycles. The minimum absolute atomic E-state index is 0.0466. The molecule has 3 rings (SSSR count). The second kappa shape index (κ2) is 8.67. The van der Waals surface area contributed by atoms with Crippen LogP contribution in [0.15, 0.2) is 48.5 Å². The Morgan fingerprint density at radius 1 is 1.00 bits per heavy atom. The fourth-order valence-corrected chi connectivity index (χ4v) is 3.09. The van der Waals surface area contributed by atoms with Gasteiger partial charge in [-0.15, -0.1) is 0 Å². The van der Waals surface area contributed by atoms with Crippen LogP contribution in [0, 0.1) is 6.92 Å². The molecular formula is C21H27N3O. The Kier molecular flexibility index (Phi) is 6.07. The van der Waals surface area contributed by atoms with Crippen LogP contribution in [-0.4, -0.2) is 25.5 Å². The first-order valence-electron chi connectivity index (χ1n) is 9.12. The van der Waals surface area contributed by atoms with Gasteiger partial charge in [0, 0.05) is 44.0 Å². The molecule has 1 heterocycles. The highest BCUT2D eigenvalue weighted by Crippen LogP contribution is 2.22. The number of amides is 1. The van der Waals surface area contributed by atoms with Crippen LogP contribution in [0.2, 0.25) is 0 Å². The van der Waals surface area contributed by atoms with Gasteiger partial charge in [-0.3, -0.25) is 4.79 Å². The third-order valence-corrected chi connectivity index (χ3v) is 4.60. The molecule has 0 spiro atoms. The van der Waals surface area contributed by atoms with Crippen LogP contribution in [0.1, 0.15) is 30.4 Å². The van der Waals surface area contributed by atoms with Crippen molar-refractivity contribution < 1.29 is 4.79 Å². The van der Waals surface area contributed by atoms with Crippen molar-refractivity contribution in [2.45, 2.75) is 32.7 Å². The highest BCUT2D eigenvalue weighted by molar-refractivity contribution is 5.91. The van der Waals surface area contributed by atoms with Crippen LogP contribution >= 0.6 is 0 Å². The number of aryl methyl sites for hydroxylation is 1. The summed E-state index contributed by atoms with van der Waals surface area (Å²) >= 11 is 0. The van der Waals surface area contributed by atoms with Gasteiger partial charge >= 0.3 is 0 Å². The smallest absolute Gasteiger partial charge is 0.225 e. The van der Waals surface area contributed by atoms with E-state index in [1.807, 2.05) is 12.1 Å². The molecule has 1 amide bonds. The van der Waals surface area contributed by atoms with Crippen LogP contribution in [0.5, 0.6) is 0 Å². The highest BCUT2D eigenvalue weighted by atomic mass is 16.1. The standard InChI is InChI=1S/C21H27N3O/c1-17-4-6-18(7-5-17)16-22-13-12-21(25)23-19-8-10-20(11-9-19)24-14-2-3-15-24/h4-11,22H,2-3,12-16H2,1H3,(H,23,25). The van der Waals surface area contributed by atoms with Crippen molar-refractivity contribution in [3.8, 4) is 0 Å². The Morgan fingerprint density at radius 2 is 1.68 bits per heavy atom. The summed E-state index contributed by atoms with van der Waals surface area (Å²) in [6, 6.07) is 16.6. The number of benzene rings is 2. The lowest BCUT2D eigenvalue weighted by Gasteiger charge is -2.17. The van der Waals surface area contributed by atoms with Crippen LogP contribution in [0.4, 0.5) is 11.4 Å². The molecule has 0 aromatic heterocycles. The molecule has 0 saturated carbocycles. The average molecular weight is 337 g/mol. The zero-order chi connectivity index (χ0) is 17.5. The quantitative estimate of drug-likeness (QED) is 0.757. The summed E-state index contributed by atoms with van der Waals surface area (Å²) in [6.45, 7) is 5.82. The number of hydrogen-bond acceptors (Lipinski definition) is 3. The molecule has 0 bridgehead atoms. The minimum atomic E-state index is 0.0466. The molecule has 1 aliphatic heterocycles. The lowest BCUT2D eigenvalue weighted by Crippen LogP contribution is -2.21. The van der Waals surface area contributed by atoms with Gasteiger partial charge < -0.3 is 15.5 Å². The number of rotatable bonds is 7. The fourth-order valence-electron chi connectivity index (χ4n) is 3.09. The highest BCUT2D eigenvalue weighted by Gasteiger charge is 2.12. The SMILES string of the molecule is Cc1ccc(CNCCC(=O)Nc2ccc(N3CCCC3)cc2)cc1. The first kappa shape index (κ1) is 17.5. The van der Waals surface area contributed by atoms with E-state index in [1.54, 1.807) is 0 Å². The van der Waals surface area contributed by atoms with Crippen molar-refractivity contribution in [2.75, 3.05) is 29.9 Å². The van der Waals surface area contributed by atoms with Crippen molar-refractivity contribution in [1.82, 2.24) is 5.32 Å². The number of anilines is 2. The van der Waals surface area contributed by atoms with Crippen LogP contribution < -0.4 is 15.5 Å². The molecule has 1 fully saturated rings. The molecule has 0 unspecified atom stereocenters. The van der Waals surface area contributed by atoms with Crippen molar-refractivity contribution in [3.63, 3.8) is 0 Å². The van der Waals surface area contributed by atoms with Crippen molar-refractivity contribution in [1.29, 1.82) is 0 Å². The molecule has 1 saturated heterocycles. The zero-order valence-electron chi connectivity index (χ0n) is 14.9. The predicted molar refractivity (Wildman–Crippen MR) is 104 cm³/mol. The maximum absolute atomic E-state index is 12.0. The van der Waals surface area contributed by atoms with E-state index in [2.05, 4.69) is 58.9 Å². The third-order valence-electron chi connectivity index (χ3n) is 4.60. The summed E-state index contributed by atoms with van der Waals surface area (Å²) in [7, 11) is 0. The Labute approximate surface area is 150 Å². The number of nitrogens with one attached hydrogen (secondary N) is 2. The molecule has 4 nitrogen and oxygen atoms in total. The van der Waals surface area contributed by atoms with E-state index in [0.717, 1.165) is 25.3 Å². The summed E-state index contributed by atoms with van der Waals surface area (Å²) in [6.07, 6.45) is 3.02. The van der Waals surface area contributed by atoms with E-state index >= 15 is 0 Å². The topological polar surface area (TPSA) is 44.4 Å². The Bertz CT molecular complexity index is 673. The molecule has 4 heteroatoms. The Morgan fingerprint density at radius 3 is 2.36 bits per heavy atom. The van der Waals surface area contributed by atoms with Gasteiger partial charge in [0.2, 0.25) is 5.91 Å². The first-order valence-corrected chi connectivity index (χ1v) is 9.12. The monoisotopic (exact) mass is 337 g/mol. The molecule has 2 aromatic carbocycles. The van der Waals surface area contributed by atoms with E-state index in [4.69, 9.17) is 0 Å². The van der Waals surface area contributed by atoms with Gasteiger partial charge in [-0.05, 0) is 49.6 Å². The maximum atomic E-state index is 12.0. The van der Waals surface area contributed by atoms with Gasteiger partial charge in [-0.25, -0.2) is 0 Å². The Hall–Kier alpha value is -2.33. The van der Waals surface area contributed by atoms with Crippen LogP contribution in [0.25, 0.3) is 0 Å².